The lowest BCUT2D eigenvalue weighted by Gasteiger charge is -2.08. The van der Waals surface area contributed by atoms with E-state index in [1.54, 1.807) is 0 Å². The molecule has 1 heterocycles. The van der Waals surface area contributed by atoms with Gasteiger partial charge in [0.05, 0.1) is 5.56 Å². The first-order valence-corrected chi connectivity index (χ1v) is 8.77. The van der Waals surface area contributed by atoms with E-state index in [0.29, 0.717) is 5.56 Å². The fourth-order valence-electron chi connectivity index (χ4n) is 3.09. The van der Waals surface area contributed by atoms with Gasteiger partial charge in [-0.1, -0.05) is 67.1 Å². The molecule has 2 N–H and O–H groups in total. The van der Waals surface area contributed by atoms with Gasteiger partial charge in [-0.15, -0.1) is 0 Å². The molecular weight excluding hydrogens is 310 g/mol. The highest BCUT2D eigenvalue weighted by molar-refractivity contribution is 6.13. The predicted molar refractivity (Wildman–Crippen MR) is 101 cm³/mol. The molecule has 25 heavy (non-hydrogen) atoms. The van der Waals surface area contributed by atoms with Crippen molar-refractivity contribution in [1.29, 1.82) is 0 Å². The number of aliphatic hydroxyl groups is 1. The number of unbranched alkanes of at least 4 members (excludes halogenated alkanes) is 2. The third kappa shape index (κ3) is 4.06. The predicted octanol–water partition coefficient (Wildman–Crippen LogP) is 4.62. The molecule has 3 nitrogen and oxygen atoms in total. The molecule has 0 radical (unpaired) electrons. The Morgan fingerprint density at radius 2 is 1.56 bits per heavy atom. The summed E-state index contributed by atoms with van der Waals surface area (Å²) in [4.78, 5) is 16.5. The number of nitrogens with one attached hydrogen (secondary N) is 1. The van der Waals surface area contributed by atoms with Gasteiger partial charge >= 0.3 is 0 Å². The van der Waals surface area contributed by atoms with Gasteiger partial charge < -0.3 is 10.1 Å². The van der Waals surface area contributed by atoms with Crippen LogP contribution in [0, 0.1) is 0 Å². The number of aryl methyl sites for hydroxylation is 1. The average Bonchev–Trinajstić information content (AvgIpc) is 3.10. The Hall–Kier alpha value is -2.65. The topological polar surface area (TPSA) is 53.1 Å². The van der Waals surface area contributed by atoms with Crippen molar-refractivity contribution in [3.63, 3.8) is 0 Å². The highest BCUT2D eigenvalue weighted by Crippen LogP contribution is 2.29. The molecule has 0 spiro atoms. The quantitative estimate of drug-likeness (QED) is 0.467. The van der Waals surface area contributed by atoms with Gasteiger partial charge in [0.2, 0.25) is 0 Å². The molecule has 0 aliphatic carbocycles. The highest BCUT2D eigenvalue weighted by Gasteiger charge is 2.20. The summed E-state index contributed by atoms with van der Waals surface area (Å²) >= 11 is 0. The van der Waals surface area contributed by atoms with Gasteiger partial charge in [-0.3, -0.25) is 4.79 Å². The first-order chi connectivity index (χ1) is 12.3. The van der Waals surface area contributed by atoms with Crippen LogP contribution in [0.3, 0.4) is 0 Å². The number of ketones is 1. The number of aromatic amines is 1. The zero-order chi connectivity index (χ0) is 17.5. The third-order valence-electron chi connectivity index (χ3n) is 4.39. The number of hydrogen-bond donors (Lipinski definition) is 2. The van der Waals surface area contributed by atoms with Crippen molar-refractivity contribution in [3.05, 3.63) is 83.7 Å². The van der Waals surface area contributed by atoms with Gasteiger partial charge in [0.15, 0.2) is 5.78 Å². The van der Waals surface area contributed by atoms with E-state index in [2.05, 4.69) is 4.98 Å². The van der Waals surface area contributed by atoms with Crippen LogP contribution in [0.4, 0.5) is 0 Å². The van der Waals surface area contributed by atoms with Crippen LogP contribution in [0.25, 0.3) is 11.1 Å². The molecule has 3 rings (SSSR count). The van der Waals surface area contributed by atoms with Crippen molar-refractivity contribution in [2.24, 2.45) is 0 Å². The molecule has 0 bridgehead atoms. The van der Waals surface area contributed by atoms with Crippen molar-refractivity contribution < 1.29 is 9.90 Å². The number of benzene rings is 2. The third-order valence-corrected chi connectivity index (χ3v) is 4.39. The fraction of sp³-hybridized carbons (Fsp3) is 0.227. The Kier molecular flexibility index (Phi) is 5.81. The summed E-state index contributed by atoms with van der Waals surface area (Å²) in [5.41, 5.74) is 4.44. The molecule has 0 unspecified atom stereocenters. The van der Waals surface area contributed by atoms with Crippen LogP contribution in [-0.2, 0) is 6.42 Å². The molecule has 0 aliphatic heterocycles. The molecule has 128 valence electrons. The molecule has 0 atom stereocenters. The lowest BCUT2D eigenvalue weighted by atomic mass is 9.94. The zero-order valence-electron chi connectivity index (χ0n) is 14.2. The van der Waals surface area contributed by atoms with E-state index in [0.717, 1.165) is 48.1 Å². The molecule has 3 heteroatoms. The Morgan fingerprint density at radius 1 is 0.880 bits per heavy atom. The van der Waals surface area contributed by atoms with Gasteiger partial charge in [0, 0.05) is 29.6 Å². The minimum absolute atomic E-state index is 0.0536. The van der Waals surface area contributed by atoms with Crippen molar-refractivity contribution in [1.82, 2.24) is 4.98 Å². The first kappa shape index (κ1) is 17.2. The van der Waals surface area contributed by atoms with E-state index >= 15 is 0 Å². The highest BCUT2D eigenvalue weighted by atomic mass is 16.2. The molecule has 0 fully saturated rings. The largest absolute Gasteiger partial charge is 0.396 e. The molecule has 1 aromatic heterocycles. The van der Waals surface area contributed by atoms with Crippen LogP contribution >= 0.6 is 0 Å². The van der Waals surface area contributed by atoms with E-state index in [9.17, 15) is 4.79 Å². The monoisotopic (exact) mass is 333 g/mol. The second-order valence-corrected chi connectivity index (χ2v) is 6.15. The number of aromatic nitrogens is 1. The van der Waals surface area contributed by atoms with Crippen LogP contribution in [0.15, 0.2) is 66.9 Å². The summed E-state index contributed by atoms with van der Waals surface area (Å²) in [5.74, 6) is 0.0536. The van der Waals surface area contributed by atoms with E-state index in [4.69, 9.17) is 5.11 Å². The molecule has 3 aromatic rings. The minimum atomic E-state index is 0.0536. The number of aliphatic hydroxyl groups excluding tert-OH is 1. The van der Waals surface area contributed by atoms with Gasteiger partial charge in [0.1, 0.15) is 0 Å². The number of hydrogen-bond acceptors (Lipinski definition) is 2. The van der Waals surface area contributed by atoms with E-state index in [1.807, 2.05) is 66.9 Å². The first-order valence-electron chi connectivity index (χ1n) is 8.77. The van der Waals surface area contributed by atoms with E-state index < -0.39 is 0 Å². The maximum atomic E-state index is 13.2. The normalized spacial score (nSPS) is 10.8. The Bertz CT molecular complexity index is 807. The summed E-state index contributed by atoms with van der Waals surface area (Å²) in [7, 11) is 0. The summed E-state index contributed by atoms with van der Waals surface area (Å²) in [6, 6.07) is 19.4. The Balaban J connectivity index is 1.96. The van der Waals surface area contributed by atoms with Crippen molar-refractivity contribution in [3.8, 4) is 11.1 Å². The van der Waals surface area contributed by atoms with Crippen molar-refractivity contribution >= 4 is 5.78 Å². The second kappa shape index (κ2) is 8.45. The number of carbonyl (C=O) groups excluding carboxylic acids is 1. The average molecular weight is 333 g/mol. The standard InChI is InChI=1S/C22H23NO2/c24-15-9-3-8-14-20-21(22(25)18-12-6-2-7-13-18)19(16-23-20)17-10-4-1-5-11-17/h1-2,4-7,10-13,16,23-24H,3,8-9,14-15H2. The molecule has 0 amide bonds. The van der Waals surface area contributed by atoms with Gasteiger partial charge in [-0.05, 0) is 24.8 Å². The van der Waals surface area contributed by atoms with E-state index in [-0.39, 0.29) is 12.4 Å². The Morgan fingerprint density at radius 3 is 2.24 bits per heavy atom. The molecular formula is C22H23NO2. The maximum absolute atomic E-state index is 13.2. The van der Waals surface area contributed by atoms with Crippen LogP contribution < -0.4 is 0 Å². The van der Waals surface area contributed by atoms with E-state index in [1.165, 1.54) is 0 Å². The summed E-state index contributed by atoms with van der Waals surface area (Å²) < 4.78 is 0. The van der Waals surface area contributed by atoms with Gasteiger partial charge in [0.25, 0.3) is 0 Å². The van der Waals surface area contributed by atoms with Gasteiger partial charge in [-0.2, -0.15) is 0 Å². The molecule has 0 aliphatic rings. The molecule has 0 saturated carbocycles. The van der Waals surface area contributed by atoms with Crippen LogP contribution in [-0.4, -0.2) is 22.5 Å². The summed E-state index contributed by atoms with van der Waals surface area (Å²) in [6.07, 6.45) is 5.45. The van der Waals surface area contributed by atoms with Crippen LogP contribution in [0.5, 0.6) is 0 Å². The fourth-order valence-corrected chi connectivity index (χ4v) is 3.09. The number of H-pyrrole nitrogens is 1. The van der Waals surface area contributed by atoms with Crippen molar-refractivity contribution in [2.75, 3.05) is 6.61 Å². The lowest BCUT2D eigenvalue weighted by Crippen LogP contribution is -2.05. The molecule has 2 aromatic carbocycles. The van der Waals surface area contributed by atoms with Crippen LogP contribution in [0.1, 0.15) is 40.9 Å². The number of carbonyl (C=O) groups is 1. The number of rotatable bonds is 8. The smallest absolute Gasteiger partial charge is 0.195 e. The molecule has 0 saturated heterocycles. The summed E-state index contributed by atoms with van der Waals surface area (Å²) in [5, 5.41) is 8.95. The SMILES string of the molecule is O=C(c1ccccc1)c1c(-c2ccccc2)c[nH]c1CCCCCO. The van der Waals surface area contributed by atoms with Gasteiger partial charge in [-0.25, -0.2) is 0 Å². The maximum Gasteiger partial charge on any atom is 0.195 e. The Labute approximate surface area is 148 Å². The minimum Gasteiger partial charge on any atom is -0.396 e. The lowest BCUT2D eigenvalue weighted by molar-refractivity contribution is 0.103. The van der Waals surface area contributed by atoms with Crippen molar-refractivity contribution in [2.45, 2.75) is 25.7 Å². The van der Waals surface area contributed by atoms with Crippen LogP contribution in [0.2, 0.25) is 0 Å². The zero-order valence-corrected chi connectivity index (χ0v) is 14.2. The second-order valence-electron chi connectivity index (χ2n) is 6.15. The summed E-state index contributed by atoms with van der Waals surface area (Å²) in [6.45, 7) is 0.218.